The highest BCUT2D eigenvalue weighted by Gasteiger charge is 2.12. The summed E-state index contributed by atoms with van der Waals surface area (Å²) in [7, 11) is 1.59. The van der Waals surface area contributed by atoms with Gasteiger partial charge in [0.25, 0.3) is 5.69 Å². The number of nitro groups is 1. The van der Waals surface area contributed by atoms with E-state index in [0.29, 0.717) is 22.7 Å². The van der Waals surface area contributed by atoms with Crippen molar-refractivity contribution in [3.8, 4) is 28.3 Å². The van der Waals surface area contributed by atoms with Gasteiger partial charge in [0.15, 0.2) is 5.96 Å². The van der Waals surface area contributed by atoms with Gasteiger partial charge < -0.3 is 15.6 Å². The lowest BCUT2D eigenvalue weighted by atomic mass is 10.1. The Hall–Kier alpha value is -4.05. The Bertz CT molecular complexity index is 1050. The molecule has 3 rings (SSSR count). The zero-order valence-corrected chi connectivity index (χ0v) is 16.1. The first kappa shape index (κ1) is 20.7. The summed E-state index contributed by atoms with van der Waals surface area (Å²) in [6, 6.07) is 15.2. The van der Waals surface area contributed by atoms with E-state index < -0.39 is 4.92 Å². The van der Waals surface area contributed by atoms with Gasteiger partial charge in [0.2, 0.25) is 5.95 Å². The van der Waals surface area contributed by atoms with Gasteiger partial charge in [0.1, 0.15) is 5.75 Å². The average Bonchev–Trinajstić information content (AvgIpc) is 2.77. The zero-order valence-electron chi connectivity index (χ0n) is 16.1. The highest BCUT2D eigenvalue weighted by Crippen LogP contribution is 2.27. The average molecular weight is 408 g/mol. The number of aromatic nitrogens is 2. The first-order valence-electron chi connectivity index (χ1n) is 8.96. The maximum absolute atomic E-state index is 10.9. The van der Waals surface area contributed by atoms with E-state index in [4.69, 9.17) is 15.6 Å². The van der Waals surface area contributed by atoms with Crippen LogP contribution in [0.15, 0.2) is 59.6 Å². The minimum Gasteiger partial charge on any atom is -0.497 e. The van der Waals surface area contributed by atoms with Crippen molar-refractivity contribution in [1.82, 2.24) is 9.97 Å². The van der Waals surface area contributed by atoms with Gasteiger partial charge in [-0.3, -0.25) is 20.4 Å². The van der Waals surface area contributed by atoms with Crippen molar-refractivity contribution in [2.75, 3.05) is 25.6 Å². The lowest BCUT2D eigenvalue weighted by molar-refractivity contribution is -0.384. The minimum atomic E-state index is -0.460. The largest absolute Gasteiger partial charge is 0.497 e. The van der Waals surface area contributed by atoms with Gasteiger partial charge in [-0.1, -0.05) is 0 Å². The van der Waals surface area contributed by atoms with Crippen LogP contribution in [0.3, 0.4) is 0 Å². The van der Waals surface area contributed by atoms with Crippen LogP contribution in [0.5, 0.6) is 5.75 Å². The number of aliphatic hydroxyl groups excluding tert-OH is 1. The van der Waals surface area contributed by atoms with Gasteiger partial charge in [-0.15, -0.1) is 0 Å². The molecule has 0 aliphatic rings. The fourth-order valence-electron chi connectivity index (χ4n) is 2.64. The Morgan fingerprint density at radius 1 is 1.13 bits per heavy atom. The molecule has 0 saturated carbocycles. The minimum absolute atomic E-state index is 0.0121. The smallest absolute Gasteiger partial charge is 0.269 e. The van der Waals surface area contributed by atoms with E-state index in [1.165, 1.54) is 12.1 Å². The molecule has 0 aliphatic heterocycles. The highest BCUT2D eigenvalue weighted by molar-refractivity contribution is 5.91. The summed E-state index contributed by atoms with van der Waals surface area (Å²) in [4.78, 5) is 23.3. The molecule has 2 aromatic carbocycles. The summed E-state index contributed by atoms with van der Waals surface area (Å²) in [5.74, 6) is 0.976. The molecular formula is C20H20N6O4. The molecule has 3 aromatic rings. The molecule has 0 spiro atoms. The summed E-state index contributed by atoms with van der Waals surface area (Å²) in [5, 5.41) is 22.6. The molecule has 1 heterocycles. The van der Waals surface area contributed by atoms with Crippen LogP contribution in [0.4, 0.5) is 11.6 Å². The first-order chi connectivity index (χ1) is 14.5. The molecule has 0 saturated heterocycles. The molecule has 0 atom stereocenters. The van der Waals surface area contributed by atoms with Crippen molar-refractivity contribution >= 4 is 17.6 Å². The van der Waals surface area contributed by atoms with Crippen molar-refractivity contribution in [1.29, 1.82) is 0 Å². The fourth-order valence-corrected chi connectivity index (χ4v) is 2.64. The topological polar surface area (TPSA) is 149 Å². The van der Waals surface area contributed by atoms with E-state index >= 15 is 0 Å². The number of aliphatic imine (C=N–C) groups is 1. The predicted molar refractivity (Wildman–Crippen MR) is 113 cm³/mol. The second-order valence-electron chi connectivity index (χ2n) is 6.11. The van der Waals surface area contributed by atoms with Crippen molar-refractivity contribution in [3.63, 3.8) is 0 Å². The quantitative estimate of drug-likeness (QED) is 0.234. The number of guanidine groups is 1. The molecule has 10 heteroatoms. The van der Waals surface area contributed by atoms with Gasteiger partial charge in [0.05, 0.1) is 36.6 Å². The van der Waals surface area contributed by atoms with Crippen molar-refractivity contribution < 1.29 is 14.8 Å². The standard InChI is InChI=1S/C20H20N6O4/c1-30-16-8-4-14(5-9-16)18-12-17(13-2-6-15(7-3-13)26(28)29)23-20(24-18)25-19(21)22-10-11-27/h2-9,12,27H,10-11H2,1H3,(H3,21,22,23,24,25). The molecule has 30 heavy (non-hydrogen) atoms. The predicted octanol–water partition coefficient (Wildman–Crippen LogP) is 2.45. The van der Waals surface area contributed by atoms with Gasteiger partial charge in [-0.2, -0.15) is 0 Å². The lowest BCUT2D eigenvalue weighted by Crippen LogP contribution is -2.24. The summed E-state index contributed by atoms with van der Waals surface area (Å²) in [5.41, 5.74) is 8.45. The first-order valence-corrected chi connectivity index (χ1v) is 8.96. The van der Waals surface area contributed by atoms with Crippen LogP contribution in [0.2, 0.25) is 0 Å². The third kappa shape index (κ3) is 5.06. The molecule has 0 fully saturated rings. The number of methoxy groups -OCH3 is 1. The van der Waals surface area contributed by atoms with Crippen molar-refractivity contribution in [2.24, 2.45) is 10.7 Å². The number of ether oxygens (including phenoxy) is 1. The third-order valence-corrected chi connectivity index (χ3v) is 4.11. The number of rotatable bonds is 7. The van der Waals surface area contributed by atoms with E-state index in [1.807, 2.05) is 24.3 Å². The molecule has 4 N–H and O–H groups in total. The maximum Gasteiger partial charge on any atom is 0.269 e. The summed E-state index contributed by atoms with van der Waals surface area (Å²) in [6.07, 6.45) is 0. The number of nitrogens with one attached hydrogen (secondary N) is 1. The van der Waals surface area contributed by atoms with Gasteiger partial charge >= 0.3 is 0 Å². The fraction of sp³-hybridized carbons (Fsp3) is 0.150. The van der Waals surface area contributed by atoms with Gasteiger partial charge in [0, 0.05) is 23.3 Å². The summed E-state index contributed by atoms with van der Waals surface area (Å²) < 4.78 is 5.19. The van der Waals surface area contributed by atoms with Crippen LogP contribution >= 0.6 is 0 Å². The second-order valence-corrected chi connectivity index (χ2v) is 6.11. The third-order valence-electron chi connectivity index (χ3n) is 4.11. The van der Waals surface area contributed by atoms with Crippen LogP contribution < -0.4 is 15.8 Å². The molecule has 0 amide bonds. The van der Waals surface area contributed by atoms with Crippen LogP contribution in [0, 0.1) is 10.1 Å². The summed E-state index contributed by atoms with van der Waals surface area (Å²) >= 11 is 0. The molecular weight excluding hydrogens is 388 g/mol. The normalized spacial score (nSPS) is 11.2. The van der Waals surface area contributed by atoms with Crippen molar-refractivity contribution in [2.45, 2.75) is 0 Å². The Morgan fingerprint density at radius 3 is 2.20 bits per heavy atom. The number of hydrogen-bond donors (Lipinski definition) is 3. The molecule has 0 radical (unpaired) electrons. The Kier molecular flexibility index (Phi) is 6.50. The summed E-state index contributed by atoms with van der Waals surface area (Å²) in [6.45, 7) is 0.00931. The molecule has 154 valence electrons. The van der Waals surface area contributed by atoms with Crippen LogP contribution in [0.25, 0.3) is 22.5 Å². The molecule has 10 nitrogen and oxygen atoms in total. The van der Waals surface area contributed by atoms with E-state index in [0.717, 1.165) is 5.56 Å². The van der Waals surface area contributed by atoms with E-state index in [1.54, 1.807) is 25.3 Å². The number of benzene rings is 2. The van der Waals surface area contributed by atoms with Gasteiger partial charge in [-0.05, 0) is 42.5 Å². The number of hydrogen-bond acceptors (Lipinski definition) is 7. The Morgan fingerprint density at radius 2 is 1.70 bits per heavy atom. The molecule has 0 aliphatic carbocycles. The maximum atomic E-state index is 10.9. The van der Waals surface area contributed by atoms with E-state index in [-0.39, 0.29) is 30.7 Å². The highest BCUT2D eigenvalue weighted by atomic mass is 16.6. The molecule has 0 bridgehead atoms. The zero-order chi connectivity index (χ0) is 21.5. The van der Waals surface area contributed by atoms with E-state index in [2.05, 4.69) is 20.3 Å². The van der Waals surface area contributed by atoms with E-state index in [9.17, 15) is 10.1 Å². The van der Waals surface area contributed by atoms with Crippen molar-refractivity contribution in [3.05, 3.63) is 64.7 Å². The van der Waals surface area contributed by atoms with Gasteiger partial charge in [-0.25, -0.2) is 9.97 Å². The molecule has 1 aromatic heterocycles. The SMILES string of the molecule is COc1ccc(-c2cc(-c3ccc([N+](=O)[O-])cc3)nc(NC(N)=NCCO)n2)cc1. The second kappa shape index (κ2) is 9.43. The Balaban J connectivity index is 2.03. The van der Waals surface area contributed by atoms with Crippen LogP contribution in [0.1, 0.15) is 0 Å². The van der Waals surface area contributed by atoms with Crippen LogP contribution in [-0.4, -0.2) is 46.2 Å². The molecule has 0 unspecified atom stereocenters. The lowest BCUT2D eigenvalue weighted by Gasteiger charge is -2.10. The number of nitrogens with zero attached hydrogens (tertiary/aromatic N) is 4. The number of non-ortho nitro benzene ring substituents is 1. The number of nitrogens with two attached hydrogens (primary N) is 1. The monoisotopic (exact) mass is 408 g/mol. The van der Waals surface area contributed by atoms with Crippen LogP contribution in [-0.2, 0) is 0 Å². The number of aliphatic hydroxyl groups is 1. The number of anilines is 1. The number of nitro benzene ring substituents is 1. The Labute approximate surface area is 172 Å².